The lowest BCUT2D eigenvalue weighted by atomic mass is 9.91. The van der Waals surface area contributed by atoms with Crippen molar-refractivity contribution in [1.82, 2.24) is 0 Å². The van der Waals surface area contributed by atoms with E-state index in [4.69, 9.17) is 9.73 Å². The minimum absolute atomic E-state index is 0.0434. The average Bonchev–Trinajstić information content (AvgIpc) is 3.43. The second kappa shape index (κ2) is 9.43. The maximum Gasteiger partial charge on any atom is 0.136 e. The third kappa shape index (κ3) is 3.62. The van der Waals surface area contributed by atoms with Gasteiger partial charge in [-0.15, -0.1) is 0 Å². The molecule has 1 aromatic heterocycles. The highest BCUT2D eigenvalue weighted by Crippen LogP contribution is 2.51. The minimum Gasteiger partial charge on any atom is -0.628 e. The van der Waals surface area contributed by atoms with E-state index >= 15 is 0 Å². The molecule has 2 atom stereocenters. The lowest BCUT2D eigenvalue weighted by Gasteiger charge is -2.47. The van der Waals surface area contributed by atoms with Crippen molar-refractivity contribution < 1.29 is 4.42 Å². The van der Waals surface area contributed by atoms with Crippen LogP contribution >= 0.6 is 0 Å². The van der Waals surface area contributed by atoms with Gasteiger partial charge >= 0.3 is 0 Å². The van der Waals surface area contributed by atoms with Gasteiger partial charge in [-0.3, -0.25) is 0 Å². The summed E-state index contributed by atoms with van der Waals surface area (Å²) in [5.41, 5.74) is 13.9. The first-order chi connectivity index (χ1) is 22.3. The molecule has 0 bridgehead atoms. The molecule has 1 aliphatic carbocycles. The Morgan fingerprint density at radius 1 is 0.467 bits per heavy atom. The summed E-state index contributed by atoms with van der Waals surface area (Å²) in [6.07, 6.45) is -0.193. The van der Waals surface area contributed by atoms with E-state index in [9.17, 15) is 0 Å². The highest BCUT2D eigenvalue weighted by molar-refractivity contribution is 6.26. The van der Waals surface area contributed by atoms with Crippen LogP contribution in [0.15, 0.2) is 150 Å². The van der Waals surface area contributed by atoms with E-state index in [0.717, 1.165) is 33.2 Å². The molecular weight excluding hydrogens is 548 g/mol. The first-order valence-electron chi connectivity index (χ1n) is 15.5. The molecular formula is C42H27N2O-. The van der Waals surface area contributed by atoms with Crippen molar-refractivity contribution in [3.8, 4) is 33.4 Å². The zero-order chi connectivity index (χ0) is 29.5. The predicted octanol–water partition coefficient (Wildman–Crippen LogP) is 11.6. The van der Waals surface area contributed by atoms with Gasteiger partial charge in [-0.1, -0.05) is 133 Å². The van der Waals surface area contributed by atoms with E-state index in [2.05, 4.69) is 151 Å². The van der Waals surface area contributed by atoms with Gasteiger partial charge < -0.3 is 15.1 Å². The Morgan fingerprint density at radius 2 is 1.13 bits per heavy atom. The molecule has 3 nitrogen and oxygen atoms in total. The van der Waals surface area contributed by atoms with E-state index in [-0.39, 0.29) is 12.2 Å². The summed E-state index contributed by atoms with van der Waals surface area (Å²) < 4.78 is 6.64. The lowest BCUT2D eigenvalue weighted by Crippen LogP contribution is -2.20. The molecule has 7 aromatic carbocycles. The molecule has 2 unspecified atom stereocenters. The summed E-state index contributed by atoms with van der Waals surface area (Å²) in [6.45, 7) is 0. The molecule has 0 radical (unpaired) electrons. The number of hydrogen-bond acceptors (Lipinski definition) is 2. The van der Waals surface area contributed by atoms with Crippen LogP contribution in [0.1, 0.15) is 28.9 Å². The fourth-order valence-corrected chi connectivity index (χ4v) is 7.63. The third-order valence-electron chi connectivity index (χ3n) is 9.62. The van der Waals surface area contributed by atoms with Gasteiger partial charge in [0.05, 0.1) is 0 Å². The maximum absolute atomic E-state index is 6.64. The summed E-state index contributed by atoms with van der Waals surface area (Å²) in [5.74, 6) is 0. The van der Waals surface area contributed by atoms with Crippen LogP contribution in [0.3, 0.4) is 0 Å². The summed E-state index contributed by atoms with van der Waals surface area (Å²) in [6, 6.07) is 52.1. The van der Waals surface area contributed by atoms with Crippen molar-refractivity contribution in [3.63, 3.8) is 0 Å². The van der Waals surface area contributed by atoms with Crippen molar-refractivity contribution >= 4 is 38.4 Å². The Hall–Kier alpha value is -5.64. The number of anilines is 1. The molecule has 2 heterocycles. The summed E-state index contributed by atoms with van der Waals surface area (Å²) in [5, 5.41) is 13.8. The fourth-order valence-electron chi connectivity index (χ4n) is 7.63. The number of fused-ring (bicyclic) bond motifs is 10. The number of benzene rings is 7. The second-order valence-electron chi connectivity index (χ2n) is 12.1. The molecule has 1 aliphatic heterocycles. The number of para-hydroxylation sites is 1. The van der Waals surface area contributed by atoms with Crippen LogP contribution in [-0.2, 0) is 0 Å². The van der Waals surface area contributed by atoms with Crippen LogP contribution in [0, 0.1) is 0 Å². The smallest absolute Gasteiger partial charge is 0.136 e. The van der Waals surface area contributed by atoms with Crippen molar-refractivity contribution in [2.45, 2.75) is 12.2 Å². The van der Waals surface area contributed by atoms with Gasteiger partial charge in [-0.2, -0.15) is 0 Å². The first-order valence-corrected chi connectivity index (χ1v) is 15.5. The number of hydrogen-bond donors (Lipinski definition) is 1. The summed E-state index contributed by atoms with van der Waals surface area (Å²) >= 11 is 0. The second-order valence-corrected chi connectivity index (χ2v) is 12.1. The van der Waals surface area contributed by atoms with Crippen molar-refractivity contribution in [2.24, 2.45) is 0 Å². The Balaban J connectivity index is 1.20. The molecule has 8 aromatic rings. The molecule has 0 fully saturated rings. The van der Waals surface area contributed by atoms with E-state index in [1.165, 1.54) is 55.3 Å². The molecule has 2 aliphatic rings. The average molecular weight is 576 g/mol. The van der Waals surface area contributed by atoms with Gasteiger partial charge in [0.1, 0.15) is 11.2 Å². The Kier molecular flexibility index (Phi) is 5.19. The van der Waals surface area contributed by atoms with Crippen LogP contribution in [0.4, 0.5) is 5.69 Å². The van der Waals surface area contributed by atoms with E-state index in [1.54, 1.807) is 0 Å². The zero-order valence-electron chi connectivity index (χ0n) is 24.4. The molecule has 0 amide bonds. The van der Waals surface area contributed by atoms with Crippen LogP contribution in [0.2, 0.25) is 0 Å². The van der Waals surface area contributed by atoms with Crippen LogP contribution in [0.5, 0.6) is 0 Å². The maximum atomic E-state index is 6.64. The van der Waals surface area contributed by atoms with Crippen molar-refractivity contribution in [1.29, 1.82) is 0 Å². The Labute approximate surface area is 260 Å². The predicted molar refractivity (Wildman–Crippen MR) is 186 cm³/mol. The van der Waals surface area contributed by atoms with E-state index in [0.29, 0.717) is 0 Å². The van der Waals surface area contributed by atoms with Gasteiger partial charge in [0, 0.05) is 16.5 Å². The molecule has 10 rings (SSSR count). The molecule has 3 heteroatoms. The molecule has 212 valence electrons. The highest BCUT2D eigenvalue weighted by Gasteiger charge is 2.25. The third-order valence-corrected chi connectivity index (χ3v) is 9.62. The normalized spacial score (nSPS) is 16.5. The lowest BCUT2D eigenvalue weighted by molar-refractivity contribution is 0.669. The fraction of sp³-hybridized carbons (Fsp3) is 0.0476. The molecule has 1 N–H and O–H groups in total. The van der Waals surface area contributed by atoms with Gasteiger partial charge in [-0.25, -0.2) is 0 Å². The standard InChI is InChI=1S/C42H27N2O/c1-2-11-25(12-3-1)41-32-17-8-9-20-36(32)43-42(44-41)26-21-22-37-35(23-26)40-33-19-10-18-31-29-15-6-4-13-27(29)28-14-5-7-16-30(28)34(39(31)33)24-38(40)45-37/h1-24,41-43H/q-1. The summed E-state index contributed by atoms with van der Waals surface area (Å²) in [7, 11) is 0. The zero-order valence-corrected chi connectivity index (χ0v) is 24.4. The topological polar surface area (TPSA) is 39.3 Å². The SMILES string of the molecule is c1ccc(C2[N-]C(c3ccc4oc5cc6c7c(cccc7c5c4c3)-c3ccccc3-c3ccccc3-6)Nc3ccccc32)cc1. The quantitative estimate of drug-likeness (QED) is 0.223. The van der Waals surface area contributed by atoms with Crippen molar-refractivity contribution in [2.75, 3.05) is 5.32 Å². The first kappa shape index (κ1) is 24.8. The van der Waals surface area contributed by atoms with Gasteiger partial charge in [0.2, 0.25) is 0 Å². The highest BCUT2D eigenvalue weighted by atomic mass is 16.3. The van der Waals surface area contributed by atoms with E-state index in [1.807, 2.05) is 0 Å². The van der Waals surface area contributed by atoms with Gasteiger partial charge in [0.15, 0.2) is 0 Å². The number of furan rings is 1. The van der Waals surface area contributed by atoms with Gasteiger partial charge in [-0.05, 0) is 85.7 Å². The Bertz CT molecular complexity index is 2460. The molecule has 0 saturated heterocycles. The molecule has 45 heavy (non-hydrogen) atoms. The molecule has 0 spiro atoms. The van der Waals surface area contributed by atoms with E-state index < -0.39 is 0 Å². The van der Waals surface area contributed by atoms with Crippen molar-refractivity contribution in [3.05, 3.63) is 168 Å². The number of nitrogens with one attached hydrogen (secondary N) is 1. The monoisotopic (exact) mass is 575 g/mol. The van der Waals surface area contributed by atoms with Gasteiger partial charge in [0.25, 0.3) is 0 Å². The summed E-state index contributed by atoms with van der Waals surface area (Å²) in [4.78, 5) is 0. The minimum atomic E-state index is -0.193. The largest absolute Gasteiger partial charge is 0.628 e. The van der Waals surface area contributed by atoms with Crippen LogP contribution in [0.25, 0.3) is 71.4 Å². The van der Waals surface area contributed by atoms with Crippen LogP contribution < -0.4 is 5.32 Å². The molecule has 0 saturated carbocycles. The number of nitrogens with zero attached hydrogens (tertiary/aromatic N) is 1. The Morgan fingerprint density at radius 3 is 1.93 bits per heavy atom. The van der Waals surface area contributed by atoms with Crippen LogP contribution in [-0.4, -0.2) is 0 Å². The number of rotatable bonds is 2.